The van der Waals surface area contributed by atoms with E-state index in [9.17, 15) is 0 Å². The van der Waals surface area contributed by atoms with Crippen molar-refractivity contribution < 1.29 is 9.47 Å². The van der Waals surface area contributed by atoms with Gasteiger partial charge in [0.25, 0.3) is 0 Å². The number of ether oxygens (including phenoxy) is 2. The van der Waals surface area contributed by atoms with Crippen molar-refractivity contribution in [3.8, 4) is 11.5 Å². The number of hydrogen-bond acceptors (Lipinski definition) is 4. The molecule has 0 radical (unpaired) electrons. The molecule has 3 aromatic carbocycles. The first kappa shape index (κ1) is 15.7. The Labute approximate surface area is 150 Å². The molecule has 126 valence electrons. The van der Waals surface area contributed by atoms with Crippen molar-refractivity contribution in [3.05, 3.63) is 60.7 Å². The zero-order valence-corrected chi connectivity index (χ0v) is 14.8. The zero-order valence-electron chi connectivity index (χ0n) is 14.0. The van der Waals surface area contributed by atoms with Crippen LogP contribution in [0.25, 0.3) is 21.8 Å². The van der Waals surface area contributed by atoms with E-state index in [1.165, 1.54) is 10.8 Å². The summed E-state index contributed by atoms with van der Waals surface area (Å²) in [5, 5.41) is 2.36. The number of anilines is 1. The minimum Gasteiger partial charge on any atom is -0.497 e. The van der Waals surface area contributed by atoms with Crippen molar-refractivity contribution in [2.45, 2.75) is 4.90 Å². The fourth-order valence-corrected chi connectivity index (χ4v) is 3.74. The van der Waals surface area contributed by atoms with E-state index >= 15 is 0 Å². The third-order valence-corrected chi connectivity index (χ3v) is 5.07. The van der Waals surface area contributed by atoms with Gasteiger partial charge in [0.15, 0.2) is 0 Å². The van der Waals surface area contributed by atoms with Crippen LogP contribution in [-0.2, 0) is 0 Å². The lowest BCUT2D eigenvalue weighted by atomic mass is 10.1. The van der Waals surface area contributed by atoms with E-state index < -0.39 is 0 Å². The van der Waals surface area contributed by atoms with Crippen LogP contribution in [0.15, 0.2) is 65.6 Å². The molecule has 0 aliphatic carbocycles. The molecule has 2 N–H and O–H groups in total. The van der Waals surface area contributed by atoms with Crippen LogP contribution in [-0.4, -0.2) is 19.2 Å². The van der Waals surface area contributed by atoms with Crippen molar-refractivity contribution in [3.63, 3.8) is 0 Å². The molecule has 4 rings (SSSR count). The molecule has 4 nitrogen and oxygen atoms in total. The van der Waals surface area contributed by atoms with Gasteiger partial charge < -0.3 is 19.2 Å². The van der Waals surface area contributed by atoms with Gasteiger partial charge in [-0.05, 0) is 54.4 Å². The smallest absolute Gasteiger partial charge is 0.143 e. The molecule has 0 amide bonds. The Morgan fingerprint density at radius 2 is 1.68 bits per heavy atom. The van der Waals surface area contributed by atoms with Gasteiger partial charge >= 0.3 is 0 Å². The van der Waals surface area contributed by atoms with Crippen LogP contribution in [0.5, 0.6) is 11.5 Å². The van der Waals surface area contributed by atoms with E-state index in [0.717, 1.165) is 33.1 Å². The summed E-state index contributed by atoms with van der Waals surface area (Å²) in [5.74, 6) is 1.69. The Bertz CT molecular complexity index is 1030. The molecule has 0 aliphatic heterocycles. The second kappa shape index (κ2) is 6.61. The average Bonchev–Trinajstić information content (AvgIpc) is 3.06. The minimum absolute atomic E-state index is 0.846. The predicted molar refractivity (Wildman–Crippen MR) is 105 cm³/mol. The largest absolute Gasteiger partial charge is 0.497 e. The maximum atomic E-state index is 5.53. The number of hydrogen-bond donors (Lipinski definition) is 2. The molecule has 1 heterocycles. The first-order valence-corrected chi connectivity index (χ1v) is 8.76. The van der Waals surface area contributed by atoms with Gasteiger partial charge in [-0.2, -0.15) is 0 Å². The van der Waals surface area contributed by atoms with Gasteiger partial charge in [0.05, 0.1) is 19.7 Å². The van der Waals surface area contributed by atoms with Crippen molar-refractivity contribution >= 4 is 39.4 Å². The van der Waals surface area contributed by atoms with Crippen molar-refractivity contribution in [2.24, 2.45) is 0 Å². The summed E-state index contributed by atoms with van der Waals surface area (Å²) < 4.78 is 14.1. The van der Waals surface area contributed by atoms with E-state index in [-0.39, 0.29) is 0 Å². The SMILES string of the molecule is COc1ccc(NSc2ccc(OC)c3[nH]c4ccccc4c23)cc1. The summed E-state index contributed by atoms with van der Waals surface area (Å²) in [4.78, 5) is 4.61. The highest BCUT2D eigenvalue weighted by Crippen LogP contribution is 2.38. The van der Waals surface area contributed by atoms with Gasteiger partial charge in [-0.1, -0.05) is 18.2 Å². The van der Waals surface area contributed by atoms with E-state index in [1.807, 2.05) is 36.4 Å². The molecule has 0 fully saturated rings. The van der Waals surface area contributed by atoms with Crippen LogP contribution in [0.1, 0.15) is 0 Å². The summed E-state index contributed by atoms with van der Waals surface area (Å²) in [5.41, 5.74) is 3.15. The number of para-hydroxylation sites is 1. The number of benzene rings is 3. The van der Waals surface area contributed by atoms with Gasteiger partial charge in [0, 0.05) is 26.9 Å². The third kappa shape index (κ3) is 2.87. The van der Waals surface area contributed by atoms with Gasteiger partial charge in [0.2, 0.25) is 0 Å². The Hall–Kier alpha value is -2.79. The van der Waals surface area contributed by atoms with E-state index in [4.69, 9.17) is 9.47 Å². The number of aromatic amines is 1. The van der Waals surface area contributed by atoms with Gasteiger partial charge in [-0.15, -0.1) is 0 Å². The number of fused-ring (bicyclic) bond motifs is 3. The monoisotopic (exact) mass is 350 g/mol. The molecule has 5 heteroatoms. The summed E-state index contributed by atoms with van der Waals surface area (Å²) in [6.07, 6.45) is 0. The number of nitrogens with one attached hydrogen (secondary N) is 2. The molecule has 0 spiro atoms. The first-order valence-electron chi connectivity index (χ1n) is 7.94. The standard InChI is InChI=1S/C20H18N2O2S/c1-23-14-9-7-13(8-10-14)22-25-18-12-11-17(24-2)20-19(18)15-5-3-4-6-16(15)21-20/h3-12,21-22H,1-2H3. The normalized spacial score (nSPS) is 11.0. The van der Waals surface area contributed by atoms with Crippen LogP contribution in [0.3, 0.4) is 0 Å². The molecular formula is C20H18N2O2S. The number of H-pyrrole nitrogens is 1. The lowest BCUT2D eigenvalue weighted by molar-refractivity contribution is 0.415. The van der Waals surface area contributed by atoms with Crippen LogP contribution in [0.4, 0.5) is 5.69 Å². The molecular weight excluding hydrogens is 332 g/mol. The predicted octanol–water partition coefficient (Wildman–Crippen LogP) is 5.46. The summed E-state index contributed by atoms with van der Waals surface area (Å²) in [7, 11) is 3.37. The highest BCUT2D eigenvalue weighted by molar-refractivity contribution is 8.00. The summed E-state index contributed by atoms with van der Waals surface area (Å²) in [6, 6.07) is 20.3. The second-order valence-corrected chi connectivity index (χ2v) is 6.47. The van der Waals surface area contributed by atoms with E-state index in [1.54, 1.807) is 26.2 Å². The molecule has 4 aromatic rings. The number of rotatable bonds is 5. The highest BCUT2D eigenvalue weighted by atomic mass is 32.2. The van der Waals surface area contributed by atoms with Crippen molar-refractivity contribution in [1.29, 1.82) is 0 Å². The van der Waals surface area contributed by atoms with E-state index in [2.05, 4.69) is 34.0 Å². The topological polar surface area (TPSA) is 46.3 Å². The quantitative estimate of drug-likeness (QED) is 0.469. The maximum absolute atomic E-state index is 5.53. The zero-order chi connectivity index (χ0) is 17.2. The van der Waals surface area contributed by atoms with Gasteiger partial charge in [0.1, 0.15) is 11.5 Å². The Balaban J connectivity index is 1.73. The maximum Gasteiger partial charge on any atom is 0.143 e. The van der Waals surface area contributed by atoms with Crippen LogP contribution in [0.2, 0.25) is 0 Å². The molecule has 0 saturated heterocycles. The molecule has 0 saturated carbocycles. The first-order chi connectivity index (χ1) is 12.3. The van der Waals surface area contributed by atoms with Crippen molar-refractivity contribution in [2.75, 3.05) is 18.9 Å². The van der Waals surface area contributed by atoms with Crippen LogP contribution >= 0.6 is 11.9 Å². The summed E-state index contributed by atoms with van der Waals surface area (Å²) >= 11 is 1.59. The molecule has 0 atom stereocenters. The lowest BCUT2D eigenvalue weighted by Gasteiger charge is -2.09. The molecule has 25 heavy (non-hydrogen) atoms. The summed E-state index contributed by atoms with van der Waals surface area (Å²) in [6.45, 7) is 0. The highest BCUT2D eigenvalue weighted by Gasteiger charge is 2.13. The second-order valence-electron chi connectivity index (χ2n) is 5.62. The molecule has 1 aromatic heterocycles. The van der Waals surface area contributed by atoms with Crippen LogP contribution in [0, 0.1) is 0 Å². The van der Waals surface area contributed by atoms with E-state index in [0.29, 0.717) is 0 Å². The lowest BCUT2D eigenvalue weighted by Crippen LogP contribution is -1.90. The Morgan fingerprint density at radius 3 is 2.44 bits per heavy atom. The van der Waals surface area contributed by atoms with Gasteiger partial charge in [-0.3, -0.25) is 0 Å². The fourth-order valence-electron chi connectivity index (χ4n) is 2.93. The Morgan fingerprint density at radius 1 is 0.880 bits per heavy atom. The third-order valence-electron chi connectivity index (χ3n) is 4.17. The van der Waals surface area contributed by atoms with Crippen molar-refractivity contribution in [1.82, 2.24) is 4.98 Å². The minimum atomic E-state index is 0.846. The number of aromatic nitrogens is 1. The molecule has 0 bridgehead atoms. The average molecular weight is 350 g/mol. The fraction of sp³-hybridized carbons (Fsp3) is 0.100. The molecule has 0 unspecified atom stereocenters. The Kier molecular flexibility index (Phi) is 4.15. The van der Waals surface area contributed by atoms with Gasteiger partial charge in [-0.25, -0.2) is 0 Å². The number of methoxy groups -OCH3 is 2. The van der Waals surface area contributed by atoms with Crippen LogP contribution < -0.4 is 14.2 Å². The molecule has 0 aliphatic rings.